The molecule has 0 saturated carbocycles. The summed E-state index contributed by atoms with van der Waals surface area (Å²) in [6.45, 7) is 2.00. The standard InChI is InChI=1S/C20H19O4P/c1-2-17-11-9-10-16-20(17)24-25(21,22-18-12-5-3-6-13-18)23-19-14-7-4-8-15-19/h3-16H,2H2,1H3. The van der Waals surface area contributed by atoms with E-state index in [1.165, 1.54) is 0 Å². The molecule has 0 radical (unpaired) electrons. The number of phosphoric ester groups is 1. The number of aryl methyl sites for hydroxylation is 1. The van der Waals surface area contributed by atoms with Gasteiger partial charge in [0.2, 0.25) is 0 Å². The molecule has 3 rings (SSSR count). The normalized spacial score (nSPS) is 10.9. The molecule has 0 amide bonds. The van der Waals surface area contributed by atoms with Crippen molar-refractivity contribution >= 4 is 7.82 Å². The molecule has 0 heterocycles. The Labute approximate surface area is 147 Å². The van der Waals surface area contributed by atoms with Crippen LogP contribution in [0.25, 0.3) is 0 Å². The van der Waals surface area contributed by atoms with Gasteiger partial charge in [-0.2, -0.15) is 4.57 Å². The van der Waals surface area contributed by atoms with E-state index in [0.717, 1.165) is 12.0 Å². The molecule has 0 aliphatic rings. The highest BCUT2D eigenvalue weighted by atomic mass is 31.2. The minimum absolute atomic E-state index is 0.413. The van der Waals surface area contributed by atoms with Crippen molar-refractivity contribution in [2.45, 2.75) is 13.3 Å². The zero-order valence-corrected chi connectivity index (χ0v) is 14.8. The van der Waals surface area contributed by atoms with Gasteiger partial charge in [-0.25, -0.2) is 0 Å². The first-order chi connectivity index (χ1) is 12.2. The van der Waals surface area contributed by atoms with Gasteiger partial charge in [-0.05, 0) is 42.3 Å². The lowest BCUT2D eigenvalue weighted by atomic mass is 10.1. The van der Waals surface area contributed by atoms with Crippen molar-refractivity contribution in [3.05, 3.63) is 90.5 Å². The summed E-state index contributed by atoms with van der Waals surface area (Å²) in [5.41, 5.74) is 0.927. The lowest BCUT2D eigenvalue weighted by Gasteiger charge is -2.20. The van der Waals surface area contributed by atoms with Crippen molar-refractivity contribution in [3.8, 4) is 17.2 Å². The Morgan fingerprint density at radius 3 is 1.68 bits per heavy atom. The second-order valence-electron chi connectivity index (χ2n) is 5.31. The molecule has 0 unspecified atom stereocenters. The monoisotopic (exact) mass is 354 g/mol. The van der Waals surface area contributed by atoms with Gasteiger partial charge in [0.15, 0.2) is 0 Å². The summed E-state index contributed by atoms with van der Waals surface area (Å²) < 4.78 is 30.3. The quantitative estimate of drug-likeness (QED) is 0.496. The van der Waals surface area contributed by atoms with Gasteiger partial charge in [-0.15, -0.1) is 0 Å². The first-order valence-electron chi connectivity index (χ1n) is 8.05. The molecule has 0 N–H and O–H groups in total. The van der Waals surface area contributed by atoms with Gasteiger partial charge in [0, 0.05) is 0 Å². The van der Waals surface area contributed by atoms with Gasteiger partial charge in [0.25, 0.3) is 0 Å². The van der Waals surface area contributed by atoms with Crippen molar-refractivity contribution in [2.24, 2.45) is 0 Å². The summed E-state index contributed by atoms with van der Waals surface area (Å²) >= 11 is 0. The third-order valence-electron chi connectivity index (χ3n) is 3.48. The van der Waals surface area contributed by atoms with Crippen LogP contribution in [0.2, 0.25) is 0 Å². The molecule has 25 heavy (non-hydrogen) atoms. The highest BCUT2D eigenvalue weighted by Crippen LogP contribution is 2.50. The zero-order chi connectivity index (χ0) is 17.5. The van der Waals surface area contributed by atoms with Gasteiger partial charge in [-0.1, -0.05) is 61.5 Å². The summed E-state index contributed by atoms with van der Waals surface area (Å²) in [6.07, 6.45) is 0.743. The molecule has 0 spiro atoms. The van der Waals surface area contributed by atoms with Crippen LogP contribution < -0.4 is 13.6 Å². The molecule has 3 aromatic carbocycles. The van der Waals surface area contributed by atoms with Crippen LogP contribution >= 0.6 is 7.82 Å². The fourth-order valence-electron chi connectivity index (χ4n) is 2.28. The molecule has 128 valence electrons. The largest absolute Gasteiger partial charge is 0.647 e. The number of hydrogen-bond donors (Lipinski definition) is 0. The Morgan fingerprint density at radius 2 is 1.16 bits per heavy atom. The van der Waals surface area contributed by atoms with Crippen LogP contribution in [0.15, 0.2) is 84.9 Å². The van der Waals surface area contributed by atoms with Crippen LogP contribution in [0.4, 0.5) is 0 Å². The van der Waals surface area contributed by atoms with E-state index in [-0.39, 0.29) is 0 Å². The Morgan fingerprint density at radius 1 is 0.680 bits per heavy atom. The second kappa shape index (κ2) is 7.91. The number of phosphoric acid groups is 1. The van der Waals surface area contributed by atoms with Crippen molar-refractivity contribution in [2.75, 3.05) is 0 Å². The van der Waals surface area contributed by atoms with Crippen molar-refractivity contribution in [1.29, 1.82) is 0 Å². The molecule has 5 heteroatoms. The Bertz CT molecular complexity index is 804. The van der Waals surface area contributed by atoms with E-state index in [9.17, 15) is 4.57 Å². The molecular weight excluding hydrogens is 335 g/mol. The highest BCUT2D eigenvalue weighted by Gasteiger charge is 2.33. The SMILES string of the molecule is CCc1ccccc1OP(=O)(Oc1ccccc1)Oc1ccccc1. The zero-order valence-electron chi connectivity index (χ0n) is 13.9. The third-order valence-corrected chi connectivity index (χ3v) is 4.77. The van der Waals surface area contributed by atoms with Crippen LogP contribution in [0.3, 0.4) is 0 Å². The summed E-state index contributed by atoms with van der Waals surface area (Å²) in [4.78, 5) is 0. The number of hydrogen-bond acceptors (Lipinski definition) is 4. The van der Waals surface area contributed by atoms with Gasteiger partial charge in [-0.3, -0.25) is 0 Å². The van der Waals surface area contributed by atoms with Crippen molar-refractivity contribution in [3.63, 3.8) is 0 Å². The number of benzene rings is 3. The molecule has 3 aromatic rings. The minimum atomic E-state index is -3.93. The fraction of sp³-hybridized carbons (Fsp3) is 0.100. The summed E-state index contributed by atoms with van der Waals surface area (Å²) in [6, 6.07) is 25.1. The maximum Gasteiger partial charge on any atom is 0.647 e. The van der Waals surface area contributed by atoms with E-state index in [4.69, 9.17) is 13.6 Å². The van der Waals surface area contributed by atoms with E-state index in [1.54, 1.807) is 54.6 Å². The number of rotatable bonds is 7. The Balaban J connectivity index is 1.92. The fourth-order valence-corrected chi connectivity index (χ4v) is 3.57. The van der Waals surface area contributed by atoms with Gasteiger partial charge in [0.05, 0.1) is 0 Å². The average molecular weight is 354 g/mol. The molecule has 0 atom stereocenters. The van der Waals surface area contributed by atoms with Gasteiger partial charge >= 0.3 is 7.82 Å². The van der Waals surface area contributed by atoms with E-state index in [1.807, 2.05) is 37.3 Å². The molecular formula is C20H19O4P. The predicted molar refractivity (Wildman–Crippen MR) is 98.2 cm³/mol. The van der Waals surface area contributed by atoms with E-state index >= 15 is 0 Å². The molecule has 0 aliphatic carbocycles. The Hall–Kier alpha value is -2.71. The molecule has 0 saturated heterocycles. The van der Waals surface area contributed by atoms with E-state index in [0.29, 0.717) is 17.2 Å². The molecule has 0 fully saturated rings. The summed E-state index contributed by atoms with van der Waals surface area (Å²) in [5.74, 6) is 1.31. The average Bonchev–Trinajstić information content (AvgIpc) is 2.63. The number of para-hydroxylation sites is 3. The minimum Gasteiger partial charge on any atom is -0.386 e. The van der Waals surface area contributed by atoms with Crippen molar-refractivity contribution < 1.29 is 18.1 Å². The van der Waals surface area contributed by atoms with Crippen LogP contribution in [-0.2, 0) is 11.0 Å². The van der Waals surface area contributed by atoms with Gasteiger partial charge in [0.1, 0.15) is 17.2 Å². The molecule has 0 aliphatic heterocycles. The summed E-state index contributed by atoms with van der Waals surface area (Å²) in [5, 5.41) is 0. The second-order valence-corrected chi connectivity index (χ2v) is 6.75. The lowest BCUT2D eigenvalue weighted by Crippen LogP contribution is -2.08. The van der Waals surface area contributed by atoms with Crippen LogP contribution in [0, 0.1) is 0 Å². The predicted octanol–water partition coefficient (Wildman–Crippen LogP) is 5.89. The van der Waals surface area contributed by atoms with Gasteiger partial charge < -0.3 is 13.6 Å². The van der Waals surface area contributed by atoms with E-state index in [2.05, 4.69) is 0 Å². The lowest BCUT2D eigenvalue weighted by molar-refractivity contribution is 0.297. The smallest absolute Gasteiger partial charge is 0.386 e. The highest BCUT2D eigenvalue weighted by molar-refractivity contribution is 7.49. The molecule has 0 aromatic heterocycles. The Kier molecular flexibility index (Phi) is 5.42. The van der Waals surface area contributed by atoms with Crippen LogP contribution in [-0.4, -0.2) is 0 Å². The van der Waals surface area contributed by atoms with Crippen molar-refractivity contribution in [1.82, 2.24) is 0 Å². The molecule has 4 nitrogen and oxygen atoms in total. The third kappa shape index (κ3) is 4.65. The summed E-state index contributed by atoms with van der Waals surface area (Å²) in [7, 11) is -3.93. The first-order valence-corrected chi connectivity index (χ1v) is 9.51. The van der Waals surface area contributed by atoms with E-state index < -0.39 is 7.82 Å². The maximum absolute atomic E-state index is 13.3. The maximum atomic E-state index is 13.3. The topological polar surface area (TPSA) is 44.8 Å². The molecule has 0 bridgehead atoms. The van der Waals surface area contributed by atoms with Crippen LogP contribution in [0.5, 0.6) is 17.2 Å². The first kappa shape index (κ1) is 17.1. The van der Waals surface area contributed by atoms with Crippen LogP contribution in [0.1, 0.15) is 12.5 Å².